The number of unbranched alkanes of at least 4 members (excludes halogenated alkanes) is 47. The number of rotatable bonds is 64. The van der Waals surface area contributed by atoms with Gasteiger partial charge in [0.05, 0.1) is 0 Å². The molecule has 0 spiro atoms. The lowest BCUT2D eigenvalue weighted by molar-refractivity contribution is -0.167. The van der Waals surface area contributed by atoms with Gasteiger partial charge >= 0.3 is 17.9 Å². The van der Waals surface area contributed by atoms with Crippen LogP contribution in [0.25, 0.3) is 0 Å². The van der Waals surface area contributed by atoms with Gasteiger partial charge in [-0.2, -0.15) is 0 Å². The summed E-state index contributed by atoms with van der Waals surface area (Å²) in [6, 6.07) is 0. The van der Waals surface area contributed by atoms with Gasteiger partial charge in [-0.1, -0.05) is 333 Å². The van der Waals surface area contributed by atoms with Crippen molar-refractivity contribution in [2.24, 2.45) is 0 Å². The fraction of sp³-hybridized carbons (Fsp3) is 0.873. The summed E-state index contributed by atoms with van der Waals surface area (Å²) in [4.78, 5) is 38.1. The van der Waals surface area contributed by atoms with E-state index in [0.717, 1.165) is 96.3 Å². The van der Waals surface area contributed by atoms with Gasteiger partial charge < -0.3 is 14.2 Å². The van der Waals surface area contributed by atoms with E-state index in [1.165, 1.54) is 244 Å². The van der Waals surface area contributed by atoms with E-state index in [1.807, 2.05) is 0 Å². The molecule has 0 aliphatic carbocycles. The summed E-state index contributed by atoms with van der Waals surface area (Å²) in [5, 5.41) is 0. The molecule has 0 heterocycles. The normalized spacial score (nSPS) is 12.2. The van der Waals surface area contributed by atoms with Gasteiger partial charge in [-0.25, -0.2) is 0 Å². The van der Waals surface area contributed by atoms with Crippen LogP contribution in [0.2, 0.25) is 0 Å². The lowest BCUT2D eigenvalue weighted by Crippen LogP contribution is -2.30. The minimum absolute atomic E-state index is 0.0771. The van der Waals surface area contributed by atoms with Crippen LogP contribution in [0.4, 0.5) is 0 Å². The second-order valence-corrected chi connectivity index (χ2v) is 23.4. The van der Waals surface area contributed by atoms with Crippen molar-refractivity contribution in [1.29, 1.82) is 0 Å². The topological polar surface area (TPSA) is 78.9 Å². The summed E-state index contributed by atoms with van der Waals surface area (Å²) in [6.07, 6.45) is 82.1. The lowest BCUT2D eigenvalue weighted by Gasteiger charge is -2.18. The minimum atomic E-state index is -0.780. The molecule has 0 rings (SSSR count). The standard InChI is InChI=1S/C71H132O6/c1-4-7-10-13-16-19-22-24-26-27-28-29-30-31-32-33-34-35-36-37-38-39-40-41-42-43-44-45-46-48-49-52-55-58-61-64-70(73)76-67-68(66-75-69(72)63-60-57-54-51-21-18-15-12-9-6-3)77-71(74)65-62-59-56-53-50-47-25-23-20-17-14-11-8-5-2/h12,14-15,17,23,25,68H,4-11,13,16,18-22,24,26-67H2,1-3H3/b15-12-,17-14-,25-23-. The Balaban J connectivity index is 3.96. The van der Waals surface area contributed by atoms with Crippen LogP contribution in [-0.2, 0) is 28.6 Å². The third-order valence-corrected chi connectivity index (χ3v) is 15.6. The van der Waals surface area contributed by atoms with Crippen molar-refractivity contribution >= 4 is 17.9 Å². The molecular formula is C71H132O6. The van der Waals surface area contributed by atoms with Crippen LogP contribution in [0, 0.1) is 0 Å². The molecule has 0 aromatic carbocycles. The Morgan fingerprint density at radius 3 is 0.818 bits per heavy atom. The average Bonchev–Trinajstić information content (AvgIpc) is 3.43. The predicted molar refractivity (Wildman–Crippen MR) is 335 cm³/mol. The molecule has 0 aromatic rings. The fourth-order valence-corrected chi connectivity index (χ4v) is 10.4. The monoisotopic (exact) mass is 1080 g/mol. The Bertz CT molecular complexity index is 1290. The van der Waals surface area contributed by atoms with E-state index in [9.17, 15) is 14.4 Å². The van der Waals surface area contributed by atoms with E-state index in [-0.39, 0.29) is 31.1 Å². The van der Waals surface area contributed by atoms with Gasteiger partial charge in [0, 0.05) is 19.3 Å². The molecule has 6 heteroatoms. The average molecular weight is 1080 g/mol. The fourth-order valence-electron chi connectivity index (χ4n) is 10.4. The molecule has 6 nitrogen and oxygen atoms in total. The molecule has 0 aromatic heterocycles. The molecule has 77 heavy (non-hydrogen) atoms. The zero-order valence-electron chi connectivity index (χ0n) is 52.0. The van der Waals surface area contributed by atoms with Crippen molar-refractivity contribution in [2.75, 3.05) is 13.2 Å². The quantitative estimate of drug-likeness (QED) is 0.0261. The van der Waals surface area contributed by atoms with Crippen LogP contribution < -0.4 is 0 Å². The minimum Gasteiger partial charge on any atom is -0.462 e. The zero-order valence-corrected chi connectivity index (χ0v) is 52.0. The van der Waals surface area contributed by atoms with Crippen LogP contribution in [0.1, 0.15) is 380 Å². The van der Waals surface area contributed by atoms with Gasteiger partial charge in [-0.3, -0.25) is 14.4 Å². The van der Waals surface area contributed by atoms with Gasteiger partial charge in [-0.05, 0) is 64.2 Å². The first-order valence-electron chi connectivity index (χ1n) is 34.5. The number of carbonyl (C=O) groups excluding carboxylic acids is 3. The highest BCUT2D eigenvalue weighted by Gasteiger charge is 2.19. The van der Waals surface area contributed by atoms with Crippen LogP contribution in [0.5, 0.6) is 0 Å². The van der Waals surface area contributed by atoms with Crippen molar-refractivity contribution in [3.63, 3.8) is 0 Å². The van der Waals surface area contributed by atoms with E-state index in [4.69, 9.17) is 14.2 Å². The molecule has 452 valence electrons. The molecule has 1 unspecified atom stereocenters. The van der Waals surface area contributed by atoms with Crippen LogP contribution >= 0.6 is 0 Å². The predicted octanol–water partition coefficient (Wildman–Crippen LogP) is 23.6. The van der Waals surface area contributed by atoms with Gasteiger partial charge in [0.1, 0.15) is 13.2 Å². The summed E-state index contributed by atoms with van der Waals surface area (Å²) in [7, 11) is 0. The Morgan fingerprint density at radius 1 is 0.260 bits per heavy atom. The summed E-state index contributed by atoms with van der Waals surface area (Å²) < 4.78 is 16.9. The number of hydrogen-bond acceptors (Lipinski definition) is 6. The molecule has 0 saturated heterocycles. The molecule has 1 atom stereocenters. The maximum Gasteiger partial charge on any atom is 0.306 e. The molecule has 0 fully saturated rings. The first kappa shape index (κ1) is 74.6. The summed E-state index contributed by atoms with van der Waals surface area (Å²) in [6.45, 7) is 6.57. The number of ether oxygens (including phenoxy) is 3. The van der Waals surface area contributed by atoms with Gasteiger partial charge in [-0.15, -0.1) is 0 Å². The molecule has 0 aliphatic heterocycles. The van der Waals surface area contributed by atoms with Crippen molar-refractivity contribution in [3.05, 3.63) is 36.5 Å². The highest BCUT2D eigenvalue weighted by molar-refractivity contribution is 5.71. The SMILES string of the molecule is CCC/C=C\CCCCCCCC(=O)OCC(COC(=O)CCCCCCCCCCCCCCCCCCCCCCCCCCCCCCCCCCCCC)OC(=O)CCCCCCC/C=C\C/C=C\CCCC. The Labute approximate surface area is 480 Å². The first-order chi connectivity index (χ1) is 38.0. The summed E-state index contributed by atoms with van der Waals surface area (Å²) in [5.41, 5.74) is 0. The van der Waals surface area contributed by atoms with Gasteiger partial charge in [0.15, 0.2) is 6.10 Å². The first-order valence-corrected chi connectivity index (χ1v) is 34.5. The number of esters is 3. The maximum absolute atomic E-state index is 12.8. The van der Waals surface area contributed by atoms with E-state index in [0.29, 0.717) is 19.3 Å². The van der Waals surface area contributed by atoms with E-state index >= 15 is 0 Å². The van der Waals surface area contributed by atoms with Crippen LogP contribution in [-0.4, -0.2) is 37.2 Å². The van der Waals surface area contributed by atoms with Gasteiger partial charge in [0.25, 0.3) is 0 Å². The summed E-state index contributed by atoms with van der Waals surface area (Å²) >= 11 is 0. The van der Waals surface area contributed by atoms with E-state index < -0.39 is 6.10 Å². The Hall–Kier alpha value is -2.37. The largest absolute Gasteiger partial charge is 0.462 e. The zero-order chi connectivity index (χ0) is 55.7. The Morgan fingerprint density at radius 2 is 0.506 bits per heavy atom. The molecule has 0 radical (unpaired) electrons. The third kappa shape index (κ3) is 64.3. The molecule has 0 aliphatic rings. The maximum atomic E-state index is 12.8. The highest BCUT2D eigenvalue weighted by Crippen LogP contribution is 2.19. The number of hydrogen-bond donors (Lipinski definition) is 0. The third-order valence-electron chi connectivity index (χ3n) is 15.6. The van der Waals surface area contributed by atoms with Crippen molar-refractivity contribution in [1.82, 2.24) is 0 Å². The molecular weight excluding hydrogens is 949 g/mol. The van der Waals surface area contributed by atoms with Crippen LogP contribution in [0.3, 0.4) is 0 Å². The van der Waals surface area contributed by atoms with Crippen molar-refractivity contribution < 1.29 is 28.6 Å². The van der Waals surface area contributed by atoms with E-state index in [2.05, 4.69) is 57.2 Å². The number of carbonyl (C=O) groups is 3. The van der Waals surface area contributed by atoms with Gasteiger partial charge in [0.2, 0.25) is 0 Å². The Kier molecular flexibility index (Phi) is 64.1. The second kappa shape index (κ2) is 66.1. The molecule has 0 bridgehead atoms. The van der Waals surface area contributed by atoms with Crippen molar-refractivity contribution in [2.45, 2.75) is 386 Å². The lowest BCUT2D eigenvalue weighted by atomic mass is 10.0. The van der Waals surface area contributed by atoms with Crippen LogP contribution in [0.15, 0.2) is 36.5 Å². The second-order valence-electron chi connectivity index (χ2n) is 23.4. The smallest absolute Gasteiger partial charge is 0.306 e. The highest BCUT2D eigenvalue weighted by atomic mass is 16.6. The number of allylic oxidation sites excluding steroid dienone is 6. The molecule has 0 N–H and O–H groups in total. The van der Waals surface area contributed by atoms with Crippen molar-refractivity contribution in [3.8, 4) is 0 Å². The molecule has 0 amide bonds. The molecule has 0 saturated carbocycles. The van der Waals surface area contributed by atoms with E-state index in [1.54, 1.807) is 0 Å². The summed E-state index contributed by atoms with van der Waals surface area (Å²) in [5.74, 6) is -0.884.